The number of likely N-dealkylation sites (tertiary alicyclic amines) is 1. The van der Waals surface area contributed by atoms with Crippen molar-refractivity contribution in [1.82, 2.24) is 14.6 Å². The lowest BCUT2D eigenvalue weighted by Gasteiger charge is -2.39. The van der Waals surface area contributed by atoms with Crippen molar-refractivity contribution in [3.63, 3.8) is 0 Å². The van der Waals surface area contributed by atoms with Crippen molar-refractivity contribution in [2.45, 2.75) is 109 Å². The third-order valence-electron chi connectivity index (χ3n) is 8.08. The summed E-state index contributed by atoms with van der Waals surface area (Å²) in [5.41, 5.74) is 0.610. The van der Waals surface area contributed by atoms with Gasteiger partial charge in [0.25, 0.3) is 0 Å². The van der Waals surface area contributed by atoms with Gasteiger partial charge in [-0.25, -0.2) is 9.18 Å². The van der Waals surface area contributed by atoms with Gasteiger partial charge in [-0.15, -0.1) is 4.72 Å². The molecule has 9 nitrogen and oxygen atoms in total. The number of methoxy groups -OCH3 is 1. The zero-order chi connectivity index (χ0) is 32.4. The molecule has 1 saturated heterocycles. The maximum absolute atomic E-state index is 15.4. The lowest BCUT2D eigenvalue weighted by molar-refractivity contribution is -0.120. The summed E-state index contributed by atoms with van der Waals surface area (Å²) in [6.45, 7) is 13.1. The average molecular weight is 631 g/mol. The van der Waals surface area contributed by atoms with Crippen LogP contribution in [0.2, 0.25) is 0 Å². The maximum atomic E-state index is 15.4. The number of hydrogen-bond donors (Lipinski definition) is 2. The molecule has 1 aromatic heterocycles. The van der Waals surface area contributed by atoms with Gasteiger partial charge in [0, 0.05) is 36.8 Å². The number of pyridine rings is 1. The highest BCUT2D eigenvalue weighted by Gasteiger charge is 2.45. The highest BCUT2D eigenvalue weighted by Crippen LogP contribution is 2.43. The molecule has 1 aliphatic carbocycles. The van der Waals surface area contributed by atoms with Gasteiger partial charge in [-0.1, -0.05) is 18.9 Å². The van der Waals surface area contributed by atoms with Gasteiger partial charge in [-0.2, -0.15) is 0 Å². The number of anilines is 1. The molecule has 1 aliphatic heterocycles. The summed E-state index contributed by atoms with van der Waals surface area (Å²) < 4.78 is 43.0. The van der Waals surface area contributed by atoms with Crippen LogP contribution in [-0.2, 0) is 31.2 Å². The number of aryl methyl sites for hydroxylation is 1. The number of aromatic nitrogens is 1. The highest BCUT2D eigenvalue weighted by atomic mass is 32.2. The van der Waals surface area contributed by atoms with Gasteiger partial charge in [-0.05, 0) is 103 Å². The standard InChI is InChI=1S/C33H47FN4O5S/c1-21-17-24(14-16-35-21)33(15-13-22-9-10-22,37-44(41)32(5,6)7)23-11-12-26(34)27(18-23)36-29(39)28-19-25(42-8)20-38(28)30(40)43-31(2,3)4/h11-12,14,16-18,22,25,28,37H,9-10,13,15,19-20H2,1-8H3,(H,36,39)/t25-,28-,33-,44?/m1/s1. The van der Waals surface area contributed by atoms with Crippen LogP contribution >= 0.6 is 0 Å². The Balaban J connectivity index is 1.73. The maximum Gasteiger partial charge on any atom is 0.411 e. The Bertz CT molecular complexity index is 1340. The fourth-order valence-corrected chi connectivity index (χ4v) is 6.38. The molecule has 2 aliphatic rings. The molecule has 2 aromatic rings. The number of carbonyl (C=O) groups is 2. The Morgan fingerprint density at radius 2 is 1.80 bits per heavy atom. The Morgan fingerprint density at radius 3 is 2.39 bits per heavy atom. The molecular formula is C33H47FN4O5S. The molecule has 0 radical (unpaired) electrons. The van der Waals surface area contributed by atoms with Crippen molar-refractivity contribution in [2.24, 2.45) is 5.92 Å². The van der Waals surface area contributed by atoms with E-state index in [0.717, 1.165) is 30.5 Å². The fraction of sp³-hybridized carbons (Fsp3) is 0.606. The second kappa shape index (κ2) is 13.3. The van der Waals surface area contributed by atoms with Crippen molar-refractivity contribution >= 4 is 29.0 Å². The van der Waals surface area contributed by atoms with E-state index in [-0.39, 0.29) is 24.8 Å². The first-order valence-electron chi connectivity index (χ1n) is 15.3. The van der Waals surface area contributed by atoms with Crippen LogP contribution in [0.3, 0.4) is 0 Å². The van der Waals surface area contributed by atoms with E-state index in [9.17, 15) is 14.1 Å². The number of nitrogens with one attached hydrogen (secondary N) is 2. The third kappa shape index (κ3) is 8.29. The quantitative estimate of drug-likeness (QED) is 0.311. The van der Waals surface area contributed by atoms with Crippen molar-refractivity contribution in [3.05, 3.63) is 59.2 Å². The predicted octanol–water partition coefficient (Wildman–Crippen LogP) is 5.98. The van der Waals surface area contributed by atoms with Crippen LogP contribution < -0.4 is 10.0 Å². The smallest absolute Gasteiger partial charge is 0.411 e. The van der Waals surface area contributed by atoms with E-state index in [1.54, 1.807) is 39.1 Å². The summed E-state index contributed by atoms with van der Waals surface area (Å²) in [5.74, 6) is -0.580. The molecule has 1 unspecified atom stereocenters. The topological polar surface area (TPSA) is 116 Å². The van der Waals surface area contributed by atoms with Gasteiger partial charge in [0.05, 0.1) is 18.3 Å². The largest absolute Gasteiger partial charge is 0.598 e. The number of ether oxygens (including phenoxy) is 2. The second-order valence-corrected chi connectivity index (χ2v) is 15.9. The number of nitrogens with zero attached hydrogens (tertiary/aromatic N) is 2. The van der Waals surface area contributed by atoms with Gasteiger partial charge in [0.15, 0.2) is 0 Å². The van der Waals surface area contributed by atoms with Crippen LogP contribution in [-0.4, -0.2) is 62.6 Å². The SMILES string of the molecule is CO[C@@H]1C[C@H](C(=O)Nc2cc([C@@](CCC3CC3)(N[S+]([O-])C(C)(C)C)c3ccnc(C)c3)ccc2F)N(C(=O)OC(C)(C)C)C1. The monoisotopic (exact) mass is 630 g/mol. The fourth-order valence-electron chi connectivity index (χ4n) is 5.42. The molecule has 11 heteroatoms. The molecule has 0 spiro atoms. The zero-order valence-electron chi connectivity index (χ0n) is 27.2. The number of halogens is 1. The van der Waals surface area contributed by atoms with E-state index >= 15 is 4.39 Å². The van der Waals surface area contributed by atoms with E-state index in [4.69, 9.17) is 9.47 Å². The van der Waals surface area contributed by atoms with Crippen LogP contribution in [0.25, 0.3) is 0 Å². The molecule has 1 saturated carbocycles. The molecule has 44 heavy (non-hydrogen) atoms. The number of amides is 2. The Labute approximate surface area is 264 Å². The molecule has 242 valence electrons. The lowest BCUT2D eigenvalue weighted by atomic mass is 9.79. The highest BCUT2D eigenvalue weighted by molar-refractivity contribution is 7.90. The number of carbonyl (C=O) groups excluding carboxylic acids is 2. The van der Waals surface area contributed by atoms with Crippen molar-refractivity contribution < 1.29 is 28.0 Å². The predicted molar refractivity (Wildman–Crippen MR) is 170 cm³/mol. The Kier molecular flexibility index (Phi) is 10.3. The summed E-state index contributed by atoms with van der Waals surface area (Å²) in [6.07, 6.45) is 4.78. The van der Waals surface area contributed by atoms with E-state index in [2.05, 4.69) is 15.0 Å². The van der Waals surface area contributed by atoms with Crippen molar-refractivity contribution in [3.8, 4) is 0 Å². The second-order valence-electron chi connectivity index (χ2n) is 14.0. The van der Waals surface area contributed by atoms with Crippen molar-refractivity contribution in [1.29, 1.82) is 0 Å². The van der Waals surface area contributed by atoms with Crippen LogP contribution in [0.1, 0.15) is 90.5 Å². The van der Waals surface area contributed by atoms with Crippen molar-refractivity contribution in [2.75, 3.05) is 19.0 Å². The number of hydrogen-bond acceptors (Lipinski definition) is 7. The van der Waals surface area contributed by atoms with Crippen LogP contribution in [0.4, 0.5) is 14.9 Å². The molecule has 2 fully saturated rings. The van der Waals surface area contributed by atoms with E-state index < -0.39 is 51.1 Å². The minimum atomic E-state index is -1.48. The summed E-state index contributed by atoms with van der Waals surface area (Å²) in [5, 5.41) is 2.75. The Morgan fingerprint density at radius 1 is 1.11 bits per heavy atom. The molecule has 4 rings (SSSR count). The Hall–Kier alpha value is -2.73. The molecule has 0 bridgehead atoms. The first kappa shape index (κ1) is 34.1. The van der Waals surface area contributed by atoms with Crippen LogP contribution in [0.15, 0.2) is 36.5 Å². The van der Waals surface area contributed by atoms with Crippen LogP contribution in [0, 0.1) is 18.7 Å². The third-order valence-corrected chi connectivity index (χ3v) is 9.73. The number of benzene rings is 1. The molecule has 1 aromatic carbocycles. The van der Waals surface area contributed by atoms with Gasteiger partial charge in [-0.3, -0.25) is 14.7 Å². The minimum Gasteiger partial charge on any atom is -0.598 e. The van der Waals surface area contributed by atoms with E-state index in [1.807, 2.05) is 39.8 Å². The lowest BCUT2D eigenvalue weighted by Crippen LogP contribution is -2.52. The average Bonchev–Trinajstić information content (AvgIpc) is 3.66. The minimum absolute atomic E-state index is 0.0255. The first-order valence-corrected chi connectivity index (χ1v) is 16.4. The van der Waals surface area contributed by atoms with E-state index in [0.29, 0.717) is 17.9 Å². The molecule has 2 N–H and O–H groups in total. The van der Waals surface area contributed by atoms with Gasteiger partial charge in [0.1, 0.15) is 27.7 Å². The summed E-state index contributed by atoms with van der Waals surface area (Å²) in [7, 11) is 1.53. The molecular weight excluding hydrogens is 583 g/mol. The zero-order valence-corrected chi connectivity index (χ0v) is 28.0. The summed E-state index contributed by atoms with van der Waals surface area (Å²) in [4.78, 5) is 32.4. The number of rotatable bonds is 10. The van der Waals surface area contributed by atoms with Crippen LogP contribution in [0.5, 0.6) is 0 Å². The normalized spacial score (nSPS) is 21.1. The van der Waals surface area contributed by atoms with E-state index in [1.165, 1.54) is 18.1 Å². The molecule has 4 atom stereocenters. The summed E-state index contributed by atoms with van der Waals surface area (Å²) in [6, 6.07) is 7.57. The summed E-state index contributed by atoms with van der Waals surface area (Å²) >= 11 is -1.48. The molecule has 2 amide bonds. The first-order chi connectivity index (χ1) is 20.5. The van der Waals surface area contributed by atoms with Gasteiger partial charge < -0.3 is 19.3 Å². The van der Waals surface area contributed by atoms with Gasteiger partial charge in [0.2, 0.25) is 5.91 Å². The molecule has 2 heterocycles. The van der Waals surface area contributed by atoms with Gasteiger partial charge >= 0.3 is 6.09 Å².